The number of carboxylic acid groups (broad SMARTS) is 1. The van der Waals surface area contributed by atoms with Gasteiger partial charge in [-0.2, -0.15) is 16.3 Å². The molecule has 0 amide bonds. The highest BCUT2D eigenvalue weighted by atomic mass is 32.1. The third-order valence-corrected chi connectivity index (χ3v) is 8.38. The Kier molecular flexibility index (Phi) is 5.34. The van der Waals surface area contributed by atoms with Crippen LogP contribution in [0.15, 0.2) is 45.6 Å². The van der Waals surface area contributed by atoms with Crippen LogP contribution in [0.5, 0.6) is 0 Å². The molecule has 3 heterocycles. The minimum absolute atomic E-state index is 0.187. The number of benzene rings is 2. The zero-order valence-corrected chi connectivity index (χ0v) is 20.9. The Morgan fingerprint density at radius 2 is 1.74 bits per heavy atom. The standard InChI is InChI=1S/C28H27N3O3S/c1-15-6-20(7-16(2)25(15)24-14-35-13-17(24)3)27-29-26(30-34-27)18-4-5-19-11-31(12-22(19)8-18)23-9-21(10-23)28(32)33/h4-8,13-14,21,23H,9-12H2,1-3H3,(H,32,33)/t21-,23-. The van der Waals surface area contributed by atoms with E-state index in [0.717, 1.165) is 37.1 Å². The van der Waals surface area contributed by atoms with Crippen molar-refractivity contribution in [1.82, 2.24) is 15.0 Å². The fraction of sp³-hybridized carbons (Fsp3) is 0.321. The molecule has 2 aromatic carbocycles. The fourth-order valence-corrected chi connectivity index (χ4v) is 6.33. The lowest BCUT2D eigenvalue weighted by molar-refractivity contribution is -0.147. The molecule has 0 unspecified atom stereocenters. The van der Waals surface area contributed by atoms with Gasteiger partial charge in [-0.3, -0.25) is 9.69 Å². The van der Waals surface area contributed by atoms with Crippen LogP contribution in [0.2, 0.25) is 0 Å². The Balaban J connectivity index is 1.22. The van der Waals surface area contributed by atoms with Crippen LogP contribution in [0.4, 0.5) is 0 Å². The van der Waals surface area contributed by atoms with E-state index in [9.17, 15) is 9.90 Å². The zero-order valence-electron chi connectivity index (χ0n) is 20.0. The van der Waals surface area contributed by atoms with E-state index in [1.807, 2.05) is 0 Å². The molecular formula is C28H27N3O3S. The van der Waals surface area contributed by atoms with Crippen molar-refractivity contribution in [2.75, 3.05) is 0 Å². The Morgan fingerprint density at radius 3 is 2.43 bits per heavy atom. The van der Waals surface area contributed by atoms with Crippen molar-refractivity contribution in [3.05, 3.63) is 68.9 Å². The number of thiophene rings is 1. The molecule has 6 rings (SSSR count). The molecule has 4 aromatic rings. The van der Waals surface area contributed by atoms with Crippen LogP contribution < -0.4 is 0 Å². The summed E-state index contributed by atoms with van der Waals surface area (Å²) in [5, 5.41) is 17.8. The summed E-state index contributed by atoms with van der Waals surface area (Å²) in [6, 6.07) is 10.9. The molecule has 2 aromatic heterocycles. The monoisotopic (exact) mass is 485 g/mol. The third-order valence-electron chi connectivity index (χ3n) is 7.52. The Morgan fingerprint density at radius 1 is 1.00 bits per heavy atom. The van der Waals surface area contributed by atoms with Gasteiger partial charge < -0.3 is 9.63 Å². The topological polar surface area (TPSA) is 79.5 Å². The smallest absolute Gasteiger partial charge is 0.306 e. The number of aryl methyl sites for hydroxylation is 3. The normalized spacial score (nSPS) is 19.5. The van der Waals surface area contributed by atoms with Gasteiger partial charge in [0.1, 0.15) is 0 Å². The van der Waals surface area contributed by atoms with Crippen molar-refractivity contribution in [2.24, 2.45) is 5.92 Å². The molecule has 6 nitrogen and oxygen atoms in total. The summed E-state index contributed by atoms with van der Waals surface area (Å²) >= 11 is 1.73. The lowest BCUT2D eigenvalue weighted by Gasteiger charge is -2.39. The number of carbonyl (C=O) groups is 1. The molecule has 0 spiro atoms. The van der Waals surface area contributed by atoms with Gasteiger partial charge >= 0.3 is 5.97 Å². The highest BCUT2D eigenvalue weighted by Gasteiger charge is 2.39. The van der Waals surface area contributed by atoms with Crippen LogP contribution in [0.3, 0.4) is 0 Å². The highest BCUT2D eigenvalue weighted by Crippen LogP contribution is 2.38. The van der Waals surface area contributed by atoms with E-state index in [2.05, 4.69) is 71.9 Å². The lowest BCUT2D eigenvalue weighted by Crippen LogP contribution is -2.44. The number of aliphatic carboxylic acids is 1. The molecule has 2 aliphatic rings. The first kappa shape index (κ1) is 22.2. The molecule has 1 saturated carbocycles. The fourth-order valence-electron chi connectivity index (χ4n) is 5.49. The average Bonchev–Trinajstić information content (AvgIpc) is 3.51. The first-order valence-electron chi connectivity index (χ1n) is 11.9. The third kappa shape index (κ3) is 3.89. The largest absolute Gasteiger partial charge is 0.481 e. The summed E-state index contributed by atoms with van der Waals surface area (Å²) in [4.78, 5) is 18.3. The number of rotatable bonds is 5. The molecule has 1 N–H and O–H groups in total. The molecule has 0 radical (unpaired) electrons. The van der Waals surface area contributed by atoms with Gasteiger partial charge in [0, 0.05) is 30.3 Å². The van der Waals surface area contributed by atoms with Gasteiger partial charge in [0.2, 0.25) is 5.82 Å². The van der Waals surface area contributed by atoms with E-state index in [1.54, 1.807) is 11.3 Å². The number of nitrogens with zero attached hydrogens (tertiary/aromatic N) is 3. The molecule has 1 aliphatic carbocycles. The molecule has 0 atom stereocenters. The first-order valence-corrected chi connectivity index (χ1v) is 12.9. The number of hydrogen-bond acceptors (Lipinski definition) is 6. The van der Waals surface area contributed by atoms with Crippen LogP contribution in [0, 0.1) is 26.7 Å². The summed E-state index contributed by atoms with van der Waals surface area (Å²) < 4.78 is 5.68. The quantitative estimate of drug-likeness (QED) is 0.361. The Labute approximate surface area is 208 Å². The molecular weight excluding hydrogens is 458 g/mol. The van der Waals surface area contributed by atoms with Crippen LogP contribution in [-0.4, -0.2) is 32.2 Å². The Bertz CT molecular complexity index is 1420. The van der Waals surface area contributed by atoms with Crippen LogP contribution in [-0.2, 0) is 17.9 Å². The van der Waals surface area contributed by atoms with Gasteiger partial charge in [0.15, 0.2) is 0 Å². The van der Waals surface area contributed by atoms with Crippen LogP contribution in [0.25, 0.3) is 34.0 Å². The van der Waals surface area contributed by atoms with Gasteiger partial charge in [-0.1, -0.05) is 17.3 Å². The van der Waals surface area contributed by atoms with Gasteiger partial charge in [-0.25, -0.2) is 0 Å². The summed E-state index contributed by atoms with van der Waals surface area (Å²) in [6.45, 7) is 8.13. The van der Waals surface area contributed by atoms with E-state index in [-0.39, 0.29) is 5.92 Å². The van der Waals surface area contributed by atoms with Gasteiger partial charge in [0.25, 0.3) is 5.89 Å². The summed E-state index contributed by atoms with van der Waals surface area (Å²) in [6.07, 6.45) is 1.49. The highest BCUT2D eigenvalue weighted by molar-refractivity contribution is 7.08. The predicted molar refractivity (Wildman–Crippen MR) is 136 cm³/mol. The van der Waals surface area contributed by atoms with E-state index < -0.39 is 5.97 Å². The van der Waals surface area contributed by atoms with Crippen LogP contribution >= 0.6 is 11.3 Å². The maximum atomic E-state index is 11.1. The first-order chi connectivity index (χ1) is 16.9. The van der Waals surface area contributed by atoms with E-state index in [0.29, 0.717) is 17.8 Å². The lowest BCUT2D eigenvalue weighted by atomic mass is 9.79. The summed E-state index contributed by atoms with van der Waals surface area (Å²) in [5.74, 6) is 0.252. The second-order valence-electron chi connectivity index (χ2n) is 9.93. The maximum Gasteiger partial charge on any atom is 0.306 e. The van der Waals surface area contributed by atoms with Crippen molar-refractivity contribution < 1.29 is 14.4 Å². The second-order valence-corrected chi connectivity index (χ2v) is 10.7. The molecule has 7 heteroatoms. The predicted octanol–water partition coefficient (Wildman–Crippen LogP) is 6.24. The molecule has 35 heavy (non-hydrogen) atoms. The van der Waals surface area contributed by atoms with Crippen molar-refractivity contribution >= 4 is 17.3 Å². The number of fused-ring (bicyclic) bond motifs is 1. The van der Waals surface area contributed by atoms with Crippen molar-refractivity contribution in [2.45, 2.75) is 52.7 Å². The minimum Gasteiger partial charge on any atom is -0.481 e. The molecule has 178 valence electrons. The van der Waals surface area contributed by atoms with Crippen molar-refractivity contribution in [3.8, 4) is 34.0 Å². The van der Waals surface area contributed by atoms with E-state index >= 15 is 0 Å². The number of carboxylic acids is 1. The molecule has 0 saturated heterocycles. The Hall–Kier alpha value is -3.29. The van der Waals surface area contributed by atoms with Crippen LogP contribution in [0.1, 0.15) is 40.7 Å². The maximum absolute atomic E-state index is 11.1. The summed E-state index contributed by atoms with van der Waals surface area (Å²) in [5.41, 5.74) is 10.7. The molecule has 0 bridgehead atoms. The average molecular weight is 486 g/mol. The van der Waals surface area contributed by atoms with Crippen molar-refractivity contribution in [3.63, 3.8) is 0 Å². The number of hydrogen-bond donors (Lipinski definition) is 1. The van der Waals surface area contributed by atoms with Crippen molar-refractivity contribution in [1.29, 1.82) is 0 Å². The number of aromatic nitrogens is 2. The van der Waals surface area contributed by atoms with E-state index in [4.69, 9.17) is 9.51 Å². The summed E-state index contributed by atoms with van der Waals surface area (Å²) in [7, 11) is 0. The second kappa shape index (κ2) is 8.43. The zero-order chi connectivity index (χ0) is 24.3. The van der Waals surface area contributed by atoms with E-state index in [1.165, 1.54) is 38.9 Å². The minimum atomic E-state index is -0.672. The molecule has 1 aliphatic heterocycles. The SMILES string of the molecule is Cc1cscc1-c1c(C)cc(-c2nc(-c3ccc4c(c3)CN([C@H]3C[C@H](C(=O)O)C3)C4)no2)cc1C. The molecule has 1 fully saturated rings. The van der Waals surface area contributed by atoms with Gasteiger partial charge in [-0.05, 0) is 102 Å². The van der Waals surface area contributed by atoms with Gasteiger partial charge in [0.05, 0.1) is 5.92 Å². The van der Waals surface area contributed by atoms with Gasteiger partial charge in [-0.15, -0.1) is 0 Å².